The molecule has 62 heteroatoms. The number of hydrogen-bond acceptors (Lipinski definition) is 28. The van der Waals surface area contributed by atoms with Crippen molar-refractivity contribution < 1.29 is 76.7 Å². The summed E-state index contributed by atoms with van der Waals surface area (Å²) >= 11 is 5.26. The van der Waals surface area contributed by atoms with E-state index in [9.17, 15) is 57.5 Å². The second-order valence-corrected chi connectivity index (χ2v) is 34.9. The smallest absolute Gasteiger partial charge is 0.244 e. The van der Waals surface area contributed by atoms with Crippen LogP contribution in [0.2, 0.25) is 0 Å². The van der Waals surface area contributed by atoms with E-state index in [1.807, 2.05) is 25.8 Å². The molecule has 53 N–H and O–H groups in total. The number of primary amides is 1. The Kier molecular flexibility index (Phi) is 62.2. The molecule has 1 fully saturated rings. The van der Waals surface area contributed by atoms with Gasteiger partial charge in [0.15, 0.2) is 53.6 Å². The highest BCUT2D eigenvalue weighted by molar-refractivity contribution is 7.98. The molecule has 1 rings (SSSR count). The maximum atomic E-state index is 15.2. The van der Waals surface area contributed by atoms with Crippen LogP contribution in [0, 0.1) is 54.6 Å². The van der Waals surface area contributed by atoms with Crippen LogP contribution in [-0.2, 0) is 76.7 Å². The number of carbonyl (C=O) groups is 16. The molecule has 2 unspecified atom stereocenters. The quantitative estimate of drug-likeness (QED) is 0.0116. The fourth-order valence-electron chi connectivity index (χ4n) is 13.9. The van der Waals surface area contributed by atoms with Crippen molar-refractivity contribution in [3.05, 3.63) is 0 Å². The molecule has 1 heterocycles. The van der Waals surface area contributed by atoms with Crippen molar-refractivity contribution in [3.8, 4) is 0 Å². The molecule has 0 aromatic heterocycles. The molecule has 0 spiro atoms. The number of thiol groups is 1. The number of rotatable bonds is 72. The summed E-state index contributed by atoms with van der Waals surface area (Å²) in [5.74, 6) is -19.1. The fourth-order valence-corrected chi connectivity index (χ4v) is 14.7. The van der Waals surface area contributed by atoms with Crippen LogP contribution >= 0.6 is 24.4 Å². The maximum absolute atomic E-state index is 15.2. The summed E-state index contributed by atoms with van der Waals surface area (Å²) in [6, 6.07) is -19.8. The van der Waals surface area contributed by atoms with Crippen LogP contribution in [0.1, 0.15) is 156 Å². The van der Waals surface area contributed by atoms with Crippen LogP contribution in [0.5, 0.6) is 0 Å². The Morgan fingerprint density at radius 3 is 0.739 bits per heavy atom. The largest absolute Gasteiger partial charge is 0.370 e. The fraction of sp³-hybridized carbons (Fsp3) is 0.688. The molecule has 0 aliphatic carbocycles. The van der Waals surface area contributed by atoms with Crippen LogP contribution in [-0.4, -0.2) is 341 Å². The van der Waals surface area contributed by atoms with E-state index < -0.39 is 240 Å². The SMILES string of the molecule is CSCC(NC(=O)CNC(=O)[C@H](CC(C)C)NC(=O)C1CCCN1C)C(=O)N[C@@H](C)C(=O)NCC(=O)N[C@H](CCCNC(=N)N)C(=O)N[C@H](CCCNC(=N)N)C(=O)N[C@H](CCCNC(=N)N)C(=O)N[C@H](CCCNC(=N)N)C(=O)N[C@H](CCCNC(=N)N)C(=O)N[C@H](CCCNC(=N)N)C(=O)N[C@H](CCCNC(=N)N)C(=O)N[C@H](CCCNC(=N)N)C(=O)N[C@H](CCCNC(=N)N)C(=O)N[C@H](CS)C(N)=O. The van der Waals surface area contributed by atoms with Gasteiger partial charge in [0.25, 0.3) is 0 Å². The molecular weight excluding hydrogens is 1900 g/mol. The third kappa shape index (κ3) is 56.6. The number of thioether (sulfide) groups is 1. The van der Waals surface area contributed by atoms with Crippen molar-refractivity contribution in [2.24, 2.45) is 63.3 Å². The predicted octanol–water partition coefficient (Wildman–Crippen LogP) is -14.2. The molecule has 0 saturated carbocycles. The van der Waals surface area contributed by atoms with Crippen LogP contribution in [0.15, 0.2) is 0 Å². The molecular formula is C80H154N44O16S2. The highest BCUT2D eigenvalue weighted by Gasteiger charge is 2.39. The Labute approximate surface area is 833 Å². The van der Waals surface area contributed by atoms with Crippen molar-refractivity contribution >= 4 is 173 Å². The van der Waals surface area contributed by atoms with Gasteiger partial charge in [0.1, 0.15) is 78.5 Å². The summed E-state index contributed by atoms with van der Waals surface area (Å²) in [4.78, 5) is 228. The van der Waals surface area contributed by atoms with Gasteiger partial charge in [-0.1, -0.05) is 13.8 Å². The summed E-state index contributed by atoms with van der Waals surface area (Å²) < 4.78 is 0. The van der Waals surface area contributed by atoms with Gasteiger partial charge in [0.2, 0.25) is 94.5 Å². The van der Waals surface area contributed by atoms with Crippen LogP contribution in [0.4, 0.5) is 0 Å². The Bertz CT molecular complexity index is 4240. The zero-order valence-electron chi connectivity index (χ0n) is 81.0. The lowest BCUT2D eigenvalue weighted by Crippen LogP contribution is -2.61. The van der Waals surface area contributed by atoms with Gasteiger partial charge in [-0.05, 0) is 168 Å². The van der Waals surface area contributed by atoms with Gasteiger partial charge in [-0.2, -0.15) is 24.4 Å². The van der Waals surface area contributed by atoms with Crippen LogP contribution in [0.25, 0.3) is 0 Å². The zero-order valence-corrected chi connectivity index (χ0v) is 82.7. The van der Waals surface area contributed by atoms with Crippen LogP contribution in [0.3, 0.4) is 0 Å². The van der Waals surface area contributed by atoms with E-state index in [0.717, 1.165) is 6.42 Å². The van der Waals surface area contributed by atoms with Gasteiger partial charge in [-0.3, -0.25) is 130 Å². The molecule has 1 aliphatic rings. The Balaban J connectivity index is 4.01. The minimum absolute atomic E-state index is 0.00217. The molecule has 0 aromatic rings. The Morgan fingerprint density at radius 1 is 0.303 bits per heavy atom. The predicted molar refractivity (Wildman–Crippen MR) is 536 cm³/mol. The highest BCUT2D eigenvalue weighted by Crippen LogP contribution is 2.18. The standard InChI is InChI=1S/C80H154N44O16S2/c1-41(2)36-52(122-71(140)55-25-15-35-124(55)4)60(129)110-38-57(126)113-54(40-142-5)70(139)111-42(3)59(128)109-37-56(125)112-43(16-6-26-100-72(82)83)61(130)114-44(17-7-27-101-73(84)85)62(131)115-45(18-8-28-102-74(86)87)63(132)116-46(19-9-29-103-75(88)89)64(133)117-47(20-10-30-104-76(90)91)65(134)118-48(21-11-31-105-77(92)93)66(135)119-49(22-12-32-106-78(94)95)67(136)120-50(23-13-33-107-79(96)97)68(137)121-51(24-14-34-108-80(98)99)69(138)123-53(39-141)58(81)127/h41-55,141H,6-40H2,1-5H3,(H2,81,127)(H,109,128)(H,110,129)(H,111,139)(H,112,125)(H,113,126)(H,114,130)(H,115,131)(H,116,132)(H,117,133)(H,118,134)(H,119,135)(H,120,136)(H,121,137)(H,122,140)(H,123,138)(H4,82,83,100)(H4,84,85,101)(H4,86,87,102)(H4,88,89,103)(H4,90,91,104)(H4,92,93,105)(H4,94,95,106)(H4,96,97,107)(H4,98,99,108)/t42-,43+,44+,45+,46+,47+,48+,49+,50+,51+,52-,53+,54?,55?/m0/s1. The second-order valence-electron chi connectivity index (χ2n) is 33.7. The molecule has 16 amide bonds. The third-order valence-electron chi connectivity index (χ3n) is 21.2. The second kappa shape index (κ2) is 70.3. The van der Waals surface area contributed by atoms with Crippen molar-refractivity contribution in [1.29, 1.82) is 48.7 Å². The monoisotopic (exact) mass is 2050 g/mol. The maximum Gasteiger partial charge on any atom is 0.244 e. The molecule has 14 atom stereocenters. The summed E-state index contributed by atoms with van der Waals surface area (Å²) in [6.07, 6.45) is 0.792. The van der Waals surface area contributed by atoms with E-state index in [1.54, 1.807) is 6.26 Å². The molecule has 0 bridgehead atoms. The first-order valence-corrected chi connectivity index (χ1v) is 48.3. The number of nitrogens with two attached hydrogens (primary N) is 10. The third-order valence-corrected chi connectivity index (χ3v) is 22.2. The number of nitrogens with zero attached hydrogens (tertiary/aromatic N) is 1. The van der Waals surface area contributed by atoms with Crippen molar-refractivity contribution in [2.45, 2.75) is 240 Å². The molecule has 1 aliphatic heterocycles. The summed E-state index contributed by atoms with van der Waals surface area (Å²) in [6.45, 7) is 3.83. The van der Waals surface area contributed by atoms with E-state index in [1.165, 1.54) is 18.7 Å². The highest BCUT2D eigenvalue weighted by atomic mass is 32.2. The van der Waals surface area contributed by atoms with Crippen LogP contribution < -0.4 is 185 Å². The van der Waals surface area contributed by atoms with E-state index >= 15 is 19.2 Å². The molecule has 60 nitrogen and oxygen atoms in total. The van der Waals surface area contributed by atoms with Crippen molar-refractivity contribution in [2.75, 3.05) is 103 Å². The average molecular weight is 2050 g/mol. The number of hydrogen-bond donors (Lipinski definition) is 44. The van der Waals surface area contributed by atoms with E-state index in [0.29, 0.717) is 13.0 Å². The number of carbonyl (C=O) groups excluding carboxylic acids is 16. The minimum Gasteiger partial charge on any atom is -0.370 e. The Morgan fingerprint density at radius 2 is 0.528 bits per heavy atom. The lowest BCUT2D eigenvalue weighted by molar-refractivity contribution is -0.136. The summed E-state index contributed by atoms with van der Waals surface area (Å²) in [5, 5.41) is 131. The molecule has 802 valence electrons. The Hall–Kier alpha value is -14.4. The molecule has 0 radical (unpaired) electrons. The van der Waals surface area contributed by atoms with E-state index in [4.69, 9.17) is 106 Å². The van der Waals surface area contributed by atoms with Gasteiger partial charge in [-0.25, -0.2) is 0 Å². The lowest BCUT2D eigenvalue weighted by atomic mass is 10.0. The van der Waals surface area contributed by atoms with Gasteiger partial charge >= 0.3 is 0 Å². The van der Waals surface area contributed by atoms with Gasteiger partial charge in [0, 0.05) is 70.4 Å². The number of guanidine groups is 9. The summed E-state index contributed by atoms with van der Waals surface area (Å²) in [7, 11) is 1.81. The number of likely N-dealkylation sites (tertiary alicyclic amines) is 1. The first-order chi connectivity index (χ1) is 67.0. The number of nitrogens with one attached hydrogen (secondary N) is 33. The molecule has 142 heavy (non-hydrogen) atoms. The lowest BCUT2D eigenvalue weighted by Gasteiger charge is -2.29. The van der Waals surface area contributed by atoms with Gasteiger partial charge in [0.05, 0.1) is 19.1 Å². The minimum atomic E-state index is -1.69. The van der Waals surface area contributed by atoms with E-state index in [2.05, 4.69) is 140 Å². The normalized spacial score (nSPS) is 14.7. The van der Waals surface area contributed by atoms with Gasteiger partial charge in [-0.15, -0.1) is 0 Å². The van der Waals surface area contributed by atoms with E-state index in [-0.39, 0.29) is 204 Å². The molecule has 1 saturated heterocycles. The van der Waals surface area contributed by atoms with Crippen molar-refractivity contribution in [1.82, 2.24) is 133 Å². The topological polar surface area (TPSA) is 1040 Å². The zero-order chi connectivity index (χ0) is 107. The first kappa shape index (κ1) is 126. The van der Waals surface area contributed by atoms with Gasteiger partial charge < -0.3 is 185 Å². The summed E-state index contributed by atoms with van der Waals surface area (Å²) in [5.41, 5.74) is 55.6. The number of amides is 16. The average Bonchev–Trinajstić information content (AvgIpc) is 1.84. The first-order valence-electron chi connectivity index (χ1n) is 46.3. The van der Waals surface area contributed by atoms with Crippen molar-refractivity contribution in [3.63, 3.8) is 0 Å². The molecule has 0 aromatic carbocycles. The number of likely N-dealkylation sites (N-methyl/N-ethyl adjacent to an activating group) is 1.